The van der Waals surface area contributed by atoms with Crippen LogP contribution < -0.4 is 9.57 Å². The molecule has 0 aliphatic rings. The number of rotatable bonds is 2. The monoisotopic (exact) mass is 250 g/mol. The van der Waals surface area contributed by atoms with Crippen LogP contribution in [0.2, 0.25) is 0 Å². The molecule has 1 heterocycles. The number of para-hydroxylation sites is 1. The lowest BCUT2D eigenvalue weighted by Crippen LogP contribution is -2.46. The second kappa shape index (κ2) is 4.90. The van der Waals surface area contributed by atoms with Gasteiger partial charge in [0.2, 0.25) is 6.20 Å². The van der Waals surface area contributed by atoms with Crippen molar-refractivity contribution < 1.29 is 14.4 Å². The summed E-state index contributed by atoms with van der Waals surface area (Å²) in [6.07, 6.45) is 1.73. The topological polar surface area (TPSA) is 30.2 Å². The second-order valence-electron chi connectivity index (χ2n) is 4.14. The fourth-order valence-corrected chi connectivity index (χ4v) is 1.93. The summed E-state index contributed by atoms with van der Waals surface area (Å²) in [7, 11) is 0. The highest BCUT2D eigenvalue weighted by atomic mass is 16.7. The van der Waals surface area contributed by atoms with Crippen molar-refractivity contribution in [1.29, 1.82) is 0 Å². The number of hydrogen-bond acceptors (Lipinski definition) is 2. The van der Waals surface area contributed by atoms with Crippen LogP contribution in [0.15, 0.2) is 72.9 Å². The Morgan fingerprint density at radius 1 is 0.842 bits per heavy atom. The highest BCUT2D eigenvalue weighted by Gasteiger charge is 2.16. The van der Waals surface area contributed by atoms with Gasteiger partial charge in [-0.25, -0.2) is 4.79 Å². The lowest BCUT2D eigenvalue weighted by molar-refractivity contribution is -0.847. The Morgan fingerprint density at radius 3 is 2.37 bits per heavy atom. The summed E-state index contributed by atoms with van der Waals surface area (Å²) in [5.74, 6) is -0.373. The van der Waals surface area contributed by atoms with Crippen LogP contribution in [-0.2, 0) is 0 Å². The third kappa shape index (κ3) is 2.31. The van der Waals surface area contributed by atoms with E-state index in [-0.39, 0.29) is 5.97 Å². The van der Waals surface area contributed by atoms with Crippen LogP contribution in [0.3, 0.4) is 0 Å². The van der Waals surface area contributed by atoms with E-state index in [2.05, 4.69) is 0 Å². The maximum atomic E-state index is 12.0. The molecule has 1 aromatic heterocycles. The zero-order chi connectivity index (χ0) is 13.1. The van der Waals surface area contributed by atoms with Crippen LogP contribution in [0.25, 0.3) is 10.9 Å². The number of aromatic nitrogens is 1. The maximum Gasteiger partial charge on any atom is 0.411 e. The molecule has 3 rings (SSSR count). The number of carbonyl (C=O) groups excluding carboxylic acids is 1. The zero-order valence-corrected chi connectivity index (χ0v) is 10.2. The predicted molar refractivity (Wildman–Crippen MR) is 71.5 cm³/mol. The van der Waals surface area contributed by atoms with Gasteiger partial charge in [-0.2, -0.15) is 4.84 Å². The van der Waals surface area contributed by atoms with Crippen molar-refractivity contribution in [3.63, 3.8) is 0 Å². The van der Waals surface area contributed by atoms with Crippen LogP contribution in [0.1, 0.15) is 10.4 Å². The highest BCUT2D eigenvalue weighted by Crippen LogP contribution is 2.07. The molecule has 0 spiro atoms. The molecule has 92 valence electrons. The SMILES string of the molecule is O=C(O[n+]1cccc2ccccc21)c1ccccc1. The van der Waals surface area contributed by atoms with Gasteiger partial charge in [-0.3, -0.25) is 0 Å². The van der Waals surface area contributed by atoms with Crippen molar-refractivity contribution >= 4 is 16.9 Å². The molecule has 0 N–H and O–H groups in total. The summed E-state index contributed by atoms with van der Waals surface area (Å²) in [5, 5.41) is 1.02. The summed E-state index contributed by atoms with van der Waals surface area (Å²) in [6, 6.07) is 20.5. The molecule has 0 saturated heterocycles. The van der Waals surface area contributed by atoms with Gasteiger partial charge >= 0.3 is 5.97 Å². The summed E-state index contributed by atoms with van der Waals surface area (Å²) in [6.45, 7) is 0. The molecule has 0 aliphatic heterocycles. The number of hydrogen-bond donors (Lipinski definition) is 0. The van der Waals surface area contributed by atoms with Crippen LogP contribution in [0.4, 0.5) is 0 Å². The van der Waals surface area contributed by atoms with Crippen LogP contribution >= 0.6 is 0 Å². The molecular weight excluding hydrogens is 238 g/mol. The fraction of sp³-hybridized carbons (Fsp3) is 0. The van der Waals surface area contributed by atoms with Crippen molar-refractivity contribution in [1.82, 2.24) is 0 Å². The first-order valence-electron chi connectivity index (χ1n) is 6.02. The molecule has 0 atom stereocenters. The first-order chi connectivity index (χ1) is 9.34. The molecule has 3 aromatic rings. The Balaban J connectivity index is 1.96. The van der Waals surface area contributed by atoms with E-state index in [1.807, 2.05) is 54.6 Å². The van der Waals surface area contributed by atoms with Crippen LogP contribution in [0, 0.1) is 0 Å². The summed E-state index contributed by atoms with van der Waals surface area (Å²) in [4.78, 5) is 17.4. The molecule has 0 aliphatic carbocycles. The minimum atomic E-state index is -0.373. The van der Waals surface area contributed by atoms with E-state index in [4.69, 9.17) is 4.84 Å². The zero-order valence-electron chi connectivity index (χ0n) is 10.2. The molecule has 0 amide bonds. The molecule has 0 fully saturated rings. The van der Waals surface area contributed by atoms with Gasteiger partial charge in [-0.15, -0.1) is 0 Å². The Hall–Kier alpha value is -2.68. The average Bonchev–Trinajstić information content (AvgIpc) is 2.48. The molecule has 2 aromatic carbocycles. The van der Waals surface area contributed by atoms with Gasteiger partial charge in [-0.05, 0) is 24.3 Å². The number of pyridine rings is 1. The Kier molecular flexibility index (Phi) is 2.94. The van der Waals surface area contributed by atoms with Crippen molar-refractivity contribution in [3.8, 4) is 0 Å². The third-order valence-electron chi connectivity index (χ3n) is 2.86. The Labute approximate surface area is 110 Å². The third-order valence-corrected chi connectivity index (χ3v) is 2.86. The van der Waals surface area contributed by atoms with E-state index in [1.54, 1.807) is 18.3 Å². The normalized spacial score (nSPS) is 10.3. The largest absolute Gasteiger partial charge is 0.411 e. The van der Waals surface area contributed by atoms with Crippen molar-refractivity contribution in [3.05, 3.63) is 78.5 Å². The van der Waals surface area contributed by atoms with Crippen LogP contribution in [0.5, 0.6) is 0 Å². The Morgan fingerprint density at radius 2 is 1.53 bits per heavy atom. The lowest BCUT2D eigenvalue weighted by atomic mass is 10.2. The molecule has 19 heavy (non-hydrogen) atoms. The van der Waals surface area contributed by atoms with Crippen LogP contribution in [-0.4, -0.2) is 5.97 Å². The number of carbonyl (C=O) groups is 1. The summed E-state index contributed by atoms with van der Waals surface area (Å²) in [5.41, 5.74) is 1.39. The van der Waals surface area contributed by atoms with Gasteiger partial charge in [-0.1, -0.05) is 30.3 Å². The van der Waals surface area contributed by atoms with E-state index in [0.29, 0.717) is 5.56 Å². The van der Waals surface area contributed by atoms with E-state index in [9.17, 15) is 4.79 Å². The molecule has 0 bridgehead atoms. The number of benzene rings is 2. The molecule has 0 radical (unpaired) electrons. The maximum absolute atomic E-state index is 12.0. The van der Waals surface area contributed by atoms with E-state index in [0.717, 1.165) is 10.9 Å². The smallest absolute Gasteiger partial charge is 0.239 e. The van der Waals surface area contributed by atoms with Gasteiger partial charge in [0, 0.05) is 16.9 Å². The first kappa shape index (κ1) is 11.4. The number of nitrogens with zero attached hydrogens (tertiary/aromatic N) is 1. The highest BCUT2D eigenvalue weighted by molar-refractivity contribution is 5.89. The van der Waals surface area contributed by atoms with Gasteiger partial charge in [0.25, 0.3) is 5.52 Å². The number of fused-ring (bicyclic) bond motifs is 1. The van der Waals surface area contributed by atoms with Gasteiger partial charge in [0.1, 0.15) is 0 Å². The minimum absolute atomic E-state index is 0.373. The molecule has 0 unspecified atom stereocenters. The molecular formula is C16H12NO2+. The van der Waals surface area contributed by atoms with Gasteiger partial charge < -0.3 is 0 Å². The van der Waals surface area contributed by atoms with Crippen molar-refractivity contribution in [2.45, 2.75) is 0 Å². The van der Waals surface area contributed by atoms with E-state index in [1.165, 1.54) is 4.73 Å². The summed E-state index contributed by atoms with van der Waals surface area (Å²) >= 11 is 0. The van der Waals surface area contributed by atoms with Crippen molar-refractivity contribution in [2.24, 2.45) is 0 Å². The van der Waals surface area contributed by atoms with Gasteiger partial charge in [0.15, 0.2) is 0 Å². The second-order valence-corrected chi connectivity index (χ2v) is 4.14. The van der Waals surface area contributed by atoms with Crippen molar-refractivity contribution in [2.75, 3.05) is 0 Å². The van der Waals surface area contributed by atoms with E-state index >= 15 is 0 Å². The lowest BCUT2D eigenvalue weighted by Gasteiger charge is -1.99. The standard InChI is InChI=1S/C16H12NO2/c18-16(14-8-2-1-3-9-14)19-17-12-6-10-13-7-4-5-11-15(13)17/h1-12H/q+1. The molecule has 0 saturated carbocycles. The fourth-order valence-electron chi connectivity index (χ4n) is 1.93. The quantitative estimate of drug-likeness (QED) is 0.654. The molecule has 3 nitrogen and oxygen atoms in total. The van der Waals surface area contributed by atoms with E-state index < -0.39 is 0 Å². The molecule has 3 heteroatoms. The first-order valence-corrected chi connectivity index (χ1v) is 6.02. The summed E-state index contributed by atoms with van der Waals surface area (Å²) < 4.78 is 1.49. The average molecular weight is 250 g/mol. The van der Waals surface area contributed by atoms with Gasteiger partial charge in [0.05, 0.1) is 10.9 Å². The minimum Gasteiger partial charge on any atom is -0.239 e. The predicted octanol–water partition coefficient (Wildman–Crippen LogP) is 2.40. The Bertz CT molecular complexity index is 718.